The Morgan fingerprint density at radius 1 is 0.919 bits per heavy atom. The van der Waals surface area contributed by atoms with Crippen LogP contribution in [0.1, 0.15) is 43.7 Å². The van der Waals surface area contributed by atoms with E-state index in [0.717, 1.165) is 6.07 Å². The van der Waals surface area contributed by atoms with Crippen molar-refractivity contribution in [2.75, 3.05) is 17.7 Å². The average molecular weight is 497 g/mol. The summed E-state index contributed by atoms with van der Waals surface area (Å²) in [6, 6.07) is 15.5. The second-order valence-electron chi connectivity index (χ2n) is 7.86. The lowest BCUT2D eigenvalue weighted by molar-refractivity contribution is -0.114. The van der Waals surface area contributed by atoms with Crippen molar-refractivity contribution >= 4 is 46.0 Å². The summed E-state index contributed by atoms with van der Waals surface area (Å²) >= 11 is 0. The van der Waals surface area contributed by atoms with Crippen molar-refractivity contribution in [3.05, 3.63) is 77.0 Å². The summed E-state index contributed by atoms with van der Waals surface area (Å²) in [5.41, 5.74) is 1.38. The SMILES string of the molecule is CNC(=O)c1cc2onc(C(=O)Nc3ccc(C#N)cc3C(=O)O)c2cc1-c1ccccc1NC(C)=O. The van der Waals surface area contributed by atoms with Gasteiger partial charge in [-0.15, -0.1) is 0 Å². The van der Waals surface area contributed by atoms with Crippen LogP contribution < -0.4 is 16.0 Å². The molecule has 3 aromatic carbocycles. The number of rotatable bonds is 6. The number of carbonyl (C=O) groups excluding carboxylic acids is 3. The predicted molar refractivity (Wildman–Crippen MR) is 133 cm³/mol. The molecule has 0 aliphatic rings. The monoisotopic (exact) mass is 497 g/mol. The van der Waals surface area contributed by atoms with Gasteiger partial charge in [0.05, 0.1) is 33.8 Å². The van der Waals surface area contributed by atoms with Crippen molar-refractivity contribution in [3.8, 4) is 17.2 Å². The lowest BCUT2D eigenvalue weighted by Crippen LogP contribution is -2.19. The number of para-hydroxylation sites is 1. The van der Waals surface area contributed by atoms with Gasteiger partial charge in [-0.3, -0.25) is 14.4 Å². The standard InChI is InChI=1S/C26H19N5O6/c1-13(32)29-20-6-4-3-5-15(20)16-10-19-22(11-17(16)24(33)28-2)37-31-23(19)25(34)30-21-8-7-14(12-27)9-18(21)26(35)36/h3-11H,1-2H3,(H,28,33)(H,29,32)(H,30,34)(H,35,36). The van der Waals surface area contributed by atoms with Crippen LogP contribution in [0.5, 0.6) is 0 Å². The highest BCUT2D eigenvalue weighted by atomic mass is 16.5. The van der Waals surface area contributed by atoms with E-state index >= 15 is 0 Å². The van der Waals surface area contributed by atoms with Gasteiger partial charge in [-0.05, 0) is 42.0 Å². The number of aromatic carboxylic acids is 1. The van der Waals surface area contributed by atoms with Gasteiger partial charge in [-0.2, -0.15) is 5.26 Å². The number of hydrogen-bond donors (Lipinski definition) is 4. The van der Waals surface area contributed by atoms with Crippen LogP contribution in [-0.4, -0.2) is 41.0 Å². The summed E-state index contributed by atoms with van der Waals surface area (Å²) in [6.45, 7) is 1.36. The van der Waals surface area contributed by atoms with E-state index < -0.39 is 17.8 Å². The first kappa shape index (κ1) is 24.6. The number of carbonyl (C=O) groups is 4. The van der Waals surface area contributed by atoms with Gasteiger partial charge < -0.3 is 25.6 Å². The van der Waals surface area contributed by atoms with Crippen molar-refractivity contribution in [2.45, 2.75) is 6.92 Å². The maximum absolute atomic E-state index is 13.1. The third-order valence-electron chi connectivity index (χ3n) is 5.45. The van der Waals surface area contributed by atoms with Crippen LogP contribution in [0.4, 0.5) is 11.4 Å². The topological polar surface area (TPSA) is 174 Å². The Hall–Kier alpha value is -5.50. The van der Waals surface area contributed by atoms with Gasteiger partial charge in [0.15, 0.2) is 11.3 Å². The molecule has 0 aliphatic carbocycles. The molecule has 37 heavy (non-hydrogen) atoms. The molecule has 0 fully saturated rings. The summed E-state index contributed by atoms with van der Waals surface area (Å²) in [5, 5.41) is 30.4. The Labute approximate surface area is 209 Å². The van der Waals surface area contributed by atoms with E-state index in [1.807, 2.05) is 6.07 Å². The van der Waals surface area contributed by atoms with Crippen molar-refractivity contribution in [2.24, 2.45) is 0 Å². The zero-order valence-corrected chi connectivity index (χ0v) is 19.6. The smallest absolute Gasteiger partial charge is 0.337 e. The van der Waals surface area contributed by atoms with Crippen LogP contribution >= 0.6 is 0 Å². The fourth-order valence-corrected chi connectivity index (χ4v) is 3.79. The third-order valence-corrected chi connectivity index (χ3v) is 5.45. The summed E-state index contributed by atoms with van der Waals surface area (Å²) in [4.78, 5) is 49.2. The van der Waals surface area contributed by atoms with Gasteiger partial charge in [0.25, 0.3) is 11.8 Å². The largest absolute Gasteiger partial charge is 0.478 e. The molecule has 0 unspecified atom stereocenters. The Morgan fingerprint density at radius 3 is 2.35 bits per heavy atom. The van der Waals surface area contributed by atoms with Crippen LogP contribution in [0, 0.1) is 11.3 Å². The fraction of sp³-hybridized carbons (Fsp3) is 0.0769. The summed E-state index contributed by atoms with van der Waals surface area (Å²) < 4.78 is 5.32. The van der Waals surface area contributed by atoms with Crippen LogP contribution in [-0.2, 0) is 4.79 Å². The molecule has 0 atom stereocenters. The van der Waals surface area contributed by atoms with Crippen molar-refractivity contribution in [1.29, 1.82) is 5.26 Å². The second-order valence-corrected chi connectivity index (χ2v) is 7.86. The van der Waals surface area contributed by atoms with Gasteiger partial charge in [0, 0.05) is 25.2 Å². The molecular formula is C26H19N5O6. The molecular weight excluding hydrogens is 478 g/mol. The maximum Gasteiger partial charge on any atom is 0.337 e. The molecule has 4 N–H and O–H groups in total. The van der Waals surface area contributed by atoms with E-state index in [0.29, 0.717) is 16.8 Å². The normalized spacial score (nSPS) is 10.4. The zero-order chi connectivity index (χ0) is 26.7. The van der Waals surface area contributed by atoms with Crippen LogP contribution in [0.25, 0.3) is 22.1 Å². The molecule has 0 spiro atoms. The number of fused-ring (bicyclic) bond motifs is 1. The molecule has 4 rings (SSSR count). The van der Waals surface area contributed by atoms with Crippen molar-refractivity contribution < 1.29 is 28.8 Å². The number of carboxylic acids is 1. The average Bonchev–Trinajstić information content (AvgIpc) is 3.30. The van der Waals surface area contributed by atoms with E-state index in [1.165, 1.54) is 32.2 Å². The molecule has 4 aromatic rings. The second kappa shape index (κ2) is 10.0. The first-order chi connectivity index (χ1) is 17.7. The van der Waals surface area contributed by atoms with E-state index in [2.05, 4.69) is 21.1 Å². The van der Waals surface area contributed by atoms with Crippen molar-refractivity contribution in [1.82, 2.24) is 10.5 Å². The number of amides is 3. The Bertz CT molecular complexity index is 1630. The lowest BCUT2D eigenvalue weighted by Gasteiger charge is -2.14. The van der Waals surface area contributed by atoms with Gasteiger partial charge in [0.1, 0.15) is 0 Å². The number of nitrogens with zero attached hydrogens (tertiary/aromatic N) is 2. The van der Waals surface area contributed by atoms with Gasteiger partial charge in [-0.25, -0.2) is 4.79 Å². The fourth-order valence-electron chi connectivity index (χ4n) is 3.79. The highest BCUT2D eigenvalue weighted by Crippen LogP contribution is 2.35. The molecule has 0 saturated heterocycles. The van der Waals surface area contributed by atoms with Crippen LogP contribution in [0.2, 0.25) is 0 Å². The first-order valence-corrected chi connectivity index (χ1v) is 10.8. The minimum Gasteiger partial charge on any atom is -0.478 e. The molecule has 11 heteroatoms. The molecule has 1 aromatic heterocycles. The number of anilines is 2. The summed E-state index contributed by atoms with van der Waals surface area (Å²) in [6.07, 6.45) is 0. The van der Waals surface area contributed by atoms with Crippen molar-refractivity contribution in [3.63, 3.8) is 0 Å². The van der Waals surface area contributed by atoms with E-state index in [4.69, 9.17) is 9.78 Å². The molecule has 0 bridgehead atoms. The summed E-state index contributed by atoms with van der Waals surface area (Å²) in [5.74, 6) is -2.83. The molecule has 3 amide bonds. The van der Waals surface area contributed by atoms with E-state index in [1.54, 1.807) is 30.3 Å². The number of nitrogens with one attached hydrogen (secondary N) is 3. The third kappa shape index (κ3) is 4.85. The van der Waals surface area contributed by atoms with Gasteiger partial charge in [-0.1, -0.05) is 23.4 Å². The Morgan fingerprint density at radius 2 is 1.68 bits per heavy atom. The van der Waals surface area contributed by atoms with E-state index in [-0.39, 0.29) is 44.9 Å². The molecule has 184 valence electrons. The molecule has 0 saturated carbocycles. The molecule has 0 radical (unpaired) electrons. The van der Waals surface area contributed by atoms with Gasteiger partial charge >= 0.3 is 5.97 Å². The highest BCUT2D eigenvalue weighted by molar-refractivity contribution is 6.15. The van der Waals surface area contributed by atoms with Crippen LogP contribution in [0.3, 0.4) is 0 Å². The number of carboxylic acid groups (broad SMARTS) is 1. The Kier molecular flexibility index (Phi) is 6.66. The quantitative estimate of drug-likeness (QED) is 0.312. The number of nitriles is 1. The molecule has 11 nitrogen and oxygen atoms in total. The van der Waals surface area contributed by atoms with Gasteiger partial charge in [0.2, 0.25) is 5.91 Å². The number of hydrogen-bond acceptors (Lipinski definition) is 7. The molecule has 0 aliphatic heterocycles. The summed E-state index contributed by atoms with van der Waals surface area (Å²) in [7, 11) is 1.47. The minimum absolute atomic E-state index is 0.0362. The lowest BCUT2D eigenvalue weighted by atomic mass is 9.95. The zero-order valence-electron chi connectivity index (χ0n) is 19.6. The van der Waals surface area contributed by atoms with E-state index in [9.17, 15) is 24.3 Å². The Balaban J connectivity index is 1.84. The predicted octanol–water partition coefficient (Wildman–Crippen LogP) is 3.63. The van der Waals surface area contributed by atoms with Crippen LogP contribution in [0.15, 0.2) is 59.1 Å². The number of aromatic nitrogens is 1. The first-order valence-electron chi connectivity index (χ1n) is 10.8. The number of benzene rings is 3. The highest BCUT2D eigenvalue weighted by Gasteiger charge is 2.24. The molecule has 1 heterocycles. The minimum atomic E-state index is -1.33. The maximum atomic E-state index is 13.1.